The van der Waals surface area contributed by atoms with Crippen LogP contribution in [0.5, 0.6) is 0 Å². The van der Waals surface area contributed by atoms with Crippen molar-refractivity contribution in [3.05, 3.63) is 0 Å². The van der Waals surface area contributed by atoms with E-state index in [0.717, 1.165) is 12.5 Å². The highest BCUT2D eigenvalue weighted by atomic mass is 16.5. The van der Waals surface area contributed by atoms with Crippen molar-refractivity contribution in [2.45, 2.75) is 25.0 Å². The van der Waals surface area contributed by atoms with Gasteiger partial charge in [-0.1, -0.05) is 0 Å². The van der Waals surface area contributed by atoms with Gasteiger partial charge in [-0.25, -0.2) is 0 Å². The van der Waals surface area contributed by atoms with Crippen molar-refractivity contribution in [3.63, 3.8) is 0 Å². The predicted octanol–water partition coefficient (Wildman–Crippen LogP) is -0.142. The average Bonchev–Trinajstić information content (AvgIpc) is 3.06. The predicted molar refractivity (Wildman–Crippen MR) is 63.8 cm³/mol. The van der Waals surface area contributed by atoms with Gasteiger partial charge in [0.25, 0.3) is 0 Å². The number of rotatable bonds is 6. The number of ether oxygens (including phenoxy) is 2. The van der Waals surface area contributed by atoms with E-state index >= 15 is 0 Å². The Labute approximate surface area is 102 Å². The van der Waals surface area contributed by atoms with Gasteiger partial charge in [0.05, 0.1) is 6.54 Å². The first-order valence-electron chi connectivity index (χ1n) is 6.28. The van der Waals surface area contributed by atoms with E-state index < -0.39 is 0 Å². The molecular weight excluding hydrogens is 220 g/mol. The second-order valence-electron chi connectivity index (χ2n) is 4.92. The topological polar surface area (TPSA) is 50.8 Å². The van der Waals surface area contributed by atoms with Gasteiger partial charge in [0.2, 0.25) is 5.91 Å². The molecule has 2 fully saturated rings. The van der Waals surface area contributed by atoms with Gasteiger partial charge < -0.3 is 19.7 Å². The fraction of sp³-hybridized carbons (Fsp3) is 0.917. The van der Waals surface area contributed by atoms with Crippen molar-refractivity contribution in [2.75, 3.05) is 40.4 Å². The number of likely N-dealkylation sites (tertiary alicyclic amines) is 1. The Morgan fingerprint density at radius 3 is 2.29 bits per heavy atom. The van der Waals surface area contributed by atoms with Crippen LogP contribution in [0.25, 0.3) is 0 Å². The van der Waals surface area contributed by atoms with Crippen LogP contribution in [0.4, 0.5) is 0 Å². The van der Waals surface area contributed by atoms with E-state index in [9.17, 15) is 4.79 Å². The minimum absolute atomic E-state index is 0.00684. The lowest BCUT2D eigenvalue weighted by molar-refractivity contribution is -0.129. The number of hydrogen-bond donors (Lipinski definition) is 1. The lowest BCUT2D eigenvalue weighted by atomic mass is 10.3. The minimum Gasteiger partial charge on any atom is -0.377 e. The third kappa shape index (κ3) is 3.40. The van der Waals surface area contributed by atoms with Crippen molar-refractivity contribution in [1.29, 1.82) is 0 Å². The fourth-order valence-corrected chi connectivity index (χ4v) is 2.22. The second-order valence-corrected chi connectivity index (χ2v) is 4.92. The summed E-state index contributed by atoms with van der Waals surface area (Å²) < 4.78 is 10.6. The Hall–Kier alpha value is -0.650. The molecule has 1 aliphatic heterocycles. The van der Waals surface area contributed by atoms with Crippen LogP contribution in [0.3, 0.4) is 0 Å². The molecule has 2 unspecified atom stereocenters. The van der Waals surface area contributed by atoms with E-state index in [-0.39, 0.29) is 18.1 Å². The summed E-state index contributed by atoms with van der Waals surface area (Å²) in [6.07, 6.45) is 2.63. The monoisotopic (exact) mass is 242 g/mol. The number of nitrogens with one attached hydrogen (secondary N) is 1. The van der Waals surface area contributed by atoms with E-state index in [1.54, 1.807) is 14.2 Å². The van der Waals surface area contributed by atoms with Gasteiger partial charge in [0, 0.05) is 27.3 Å². The second kappa shape index (κ2) is 5.80. The van der Waals surface area contributed by atoms with E-state index in [2.05, 4.69) is 5.32 Å². The maximum absolute atomic E-state index is 11.9. The van der Waals surface area contributed by atoms with Crippen molar-refractivity contribution in [1.82, 2.24) is 10.2 Å². The molecule has 5 heteroatoms. The molecule has 0 aromatic carbocycles. The molecule has 98 valence electrons. The Kier molecular flexibility index (Phi) is 4.36. The zero-order chi connectivity index (χ0) is 12.3. The summed E-state index contributed by atoms with van der Waals surface area (Å²) in [5.74, 6) is 0.951. The summed E-state index contributed by atoms with van der Waals surface area (Å²) in [4.78, 5) is 13.7. The summed E-state index contributed by atoms with van der Waals surface area (Å²) in [7, 11) is 3.33. The number of methoxy groups -OCH3 is 2. The smallest absolute Gasteiger partial charge is 0.236 e. The molecule has 0 spiro atoms. The molecule has 1 N–H and O–H groups in total. The zero-order valence-corrected chi connectivity index (χ0v) is 10.6. The van der Waals surface area contributed by atoms with Crippen LogP contribution < -0.4 is 5.32 Å². The van der Waals surface area contributed by atoms with Crippen molar-refractivity contribution in [3.8, 4) is 0 Å². The van der Waals surface area contributed by atoms with Crippen LogP contribution in [0.1, 0.15) is 12.8 Å². The third-order valence-corrected chi connectivity index (χ3v) is 3.58. The summed E-state index contributed by atoms with van der Waals surface area (Å²) in [5, 5.41) is 3.22. The first-order valence-corrected chi connectivity index (χ1v) is 6.28. The number of nitrogens with zero attached hydrogens (tertiary/aromatic N) is 1. The summed E-state index contributed by atoms with van der Waals surface area (Å²) in [6.45, 7) is 2.68. The molecule has 0 radical (unpaired) electrons. The van der Waals surface area contributed by atoms with E-state index in [1.165, 1.54) is 12.8 Å². The Balaban J connectivity index is 1.71. The molecule has 1 amide bonds. The molecule has 1 aliphatic carbocycles. The molecule has 1 saturated carbocycles. The van der Waals surface area contributed by atoms with Gasteiger partial charge in [0.1, 0.15) is 12.2 Å². The molecule has 0 aromatic heterocycles. The number of carbonyl (C=O) groups is 1. The summed E-state index contributed by atoms with van der Waals surface area (Å²) >= 11 is 0. The molecule has 0 bridgehead atoms. The van der Waals surface area contributed by atoms with Gasteiger partial charge in [-0.2, -0.15) is 0 Å². The van der Waals surface area contributed by atoms with Gasteiger partial charge in [0.15, 0.2) is 0 Å². The van der Waals surface area contributed by atoms with Crippen molar-refractivity contribution >= 4 is 5.91 Å². The van der Waals surface area contributed by atoms with Gasteiger partial charge in [-0.15, -0.1) is 0 Å². The maximum atomic E-state index is 11.9. The highest BCUT2D eigenvalue weighted by molar-refractivity contribution is 5.78. The molecule has 2 aliphatic rings. The average molecular weight is 242 g/mol. The summed E-state index contributed by atoms with van der Waals surface area (Å²) in [6, 6.07) is 0. The molecule has 1 heterocycles. The molecule has 1 saturated heterocycles. The largest absolute Gasteiger partial charge is 0.377 e. The van der Waals surface area contributed by atoms with Gasteiger partial charge in [-0.05, 0) is 25.3 Å². The van der Waals surface area contributed by atoms with Crippen molar-refractivity contribution in [2.24, 2.45) is 5.92 Å². The van der Waals surface area contributed by atoms with E-state index in [1.807, 2.05) is 4.90 Å². The number of hydrogen-bond acceptors (Lipinski definition) is 4. The Bertz CT molecular complexity index is 256. The SMILES string of the molecule is COC1CN(C(=O)CNCC2CC2)CC1OC. The highest BCUT2D eigenvalue weighted by Crippen LogP contribution is 2.27. The summed E-state index contributed by atoms with van der Waals surface area (Å²) in [5.41, 5.74) is 0. The normalized spacial score (nSPS) is 28.7. The van der Waals surface area contributed by atoms with Crippen LogP contribution in [0.2, 0.25) is 0 Å². The maximum Gasteiger partial charge on any atom is 0.236 e. The first kappa shape index (κ1) is 12.8. The van der Waals surface area contributed by atoms with Crippen molar-refractivity contribution < 1.29 is 14.3 Å². The van der Waals surface area contributed by atoms with Crippen LogP contribution in [0.15, 0.2) is 0 Å². The highest BCUT2D eigenvalue weighted by Gasteiger charge is 2.35. The standard InChI is InChI=1S/C12H22N2O3/c1-16-10-7-14(8-11(10)17-2)12(15)6-13-5-9-3-4-9/h9-11,13H,3-8H2,1-2H3. The van der Waals surface area contributed by atoms with Gasteiger partial charge >= 0.3 is 0 Å². The quantitative estimate of drug-likeness (QED) is 0.704. The fourth-order valence-electron chi connectivity index (χ4n) is 2.22. The lowest BCUT2D eigenvalue weighted by Gasteiger charge is -2.16. The minimum atomic E-state index is 0.00684. The van der Waals surface area contributed by atoms with Crippen LogP contribution in [-0.2, 0) is 14.3 Å². The number of amides is 1. The molecule has 2 atom stereocenters. The Morgan fingerprint density at radius 2 is 1.82 bits per heavy atom. The van der Waals surface area contributed by atoms with Crippen LogP contribution in [-0.4, -0.2) is 63.4 Å². The molecule has 5 nitrogen and oxygen atoms in total. The molecule has 17 heavy (non-hydrogen) atoms. The molecule has 2 rings (SSSR count). The lowest BCUT2D eigenvalue weighted by Crippen LogP contribution is -2.38. The molecular formula is C12H22N2O3. The van der Waals surface area contributed by atoms with E-state index in [4.69, 9.17) is 9.47 Å². The van der Waals surface area contributed by atoms with Crippen LogP contribution >= 0.6 is 0 Å². The first-order chi connectivity index (χ1) is 8.24. The third-order valence-electron chi connectivity index (χ3n) is 3.58. The number of carbonyl (C=O) groups excluding carboxylic acids is 1. The van der Waals surface area contributed by atoms with Gasteiger partial charge in [-0.3, -0.25) is 4.79 Å². The zero-order valence-electron chi connectivity index (χ0n) is 10.6. The molecule has 0 aromatic rings. The van der Waals surface area contributed by atoms with Crippen LogP contribution in [0, 0.1) is 5.92 Å². The Morgan fingerprint density at radius 1 is 1.24 bits per heavy atom. The van der Waals surface area contributed by atoms with E-state index in [0.29, 0.717) is 19.6 Å².